The van der Waals surface area contributed by atoms with Crippen molar-refractivity contribution in [2.75, 3.05) is 27.2 Å². The first-order valence-electron chi connectivity index (χ1n) is 5.84. The van der Waals surface area contributed by atoms with Crippen LogP contribution in [0.15, 0.2) is 18.2 Å². The maximum absolute atomic E-state index is 13.3. The van der Waals surface area contributed by atoms with Gasteiger partial charge in [0.25, 0.3) is 0 Å². The Kier molecular flexibility index (Phi) is 5.04. The second-order valence-electron chi connectivity index (χ2n) is 4.77. The third-order valence-corrected chi connectivity index (χ3v) is 3.31. The van der Waals surface area contributed by atoms with Crippen molar-refractivity contribution < 1.29 is 13.5 Å². The van der Waals surface area contributed by atoms with Gasteiger partial charge in [-0.25, -0.2) is 8.78 Å². The molecule has 5 heteroatoms. The Balaban J connectivity index is 2.56. The Morgan fingerprint density at radius 3 is 2.50 bits per heavy atom. The fourth-order valence-electron chi connectivity index (χ4n) is 1.48. The van der Waals surface area contributed by atoms with Gasteiger partial charge in [0, 0.05) is 24.6 Å². The van der Waals surface area contributed by atoms with Crippen molar-refractivity contribution in [2.45, 2.75) is 18.9 Å². The average molecular weight is 258 g/mol. The van der Waals surface area contributed by atoms with Gasteiger partial charge in [0.1, 0.15) is 5.82 Å². The maximum atomic E-state index is 13.3. The monoisotopic (exact) mass is 258 g/mol. The molecule has 0 saturated heterocycles. The maximum Gasteiger partial charge on any atom is 0.167 e. The van der Waals surface area contributed by atoms with Gasteiger partial charge in [0.15, 0.2) is 11.6 Å². The van der Waals surface area contributed by atoms with E-state index in [0.717, 1.165) is 6.07 Å². The molecule has 0 aromatic heterocycles. The molecule has 3 nitrogen and oxygen atoms in total. The van der Waals surface area contributed by atoms with Crippen LogP contribution in [0.1, 0.15) is 13.3 Å². The van der Waals surface area contributed by atoms with Crippen LogP contribution in [-0.2, 0) is 0 Å². The van der Waals surface area contributed by atoms with Crippen molar-refractivity contribution in [1.29, 1.82) is 0 Å². The van der Waals surface area contributed by atoms with Gasteiger partial charge >= 0.3 is 0 Å². The molecule has 1 aromatic rings. The summed E-state index contributed by atoms with van der Waals surface area (Å²) in [5.74, 6) is -1.23. The first kappa shape index (κ1) is 14.9. The molecule has 102 valence electrons. The van der Waals surface area contributed by atoms with Crippen molar-refractivity contribution in [3.8, 4) is 5.75 Å². The van der Waals surface area contributed by atoms with E-state index in [1.807, 2.05) is 25.9 Å². The molecule has 0 aliphatic heterocycles. The first-order valence-corrected chi connectivity index (χ1v) is 5.84. The summed E-state index contributed by atoms with van der Waals surface area (Å²) in [5.41, 5.74) is 5.52. The molecule has 18 heavy (non-hydrogen) atoms. The summed E-state index contributed by atoms with van der Waals surface area (Å²) in [4.78, 5) is 2.01. The molecule has 1 atom stereocenters. The molecule has 0 heterocycles. The van der Waals surface area contributed by atoms with Gasteiger partial charge in [-0.15, -0.1) is 0 Å². The average Bonchev–Trinajstić information content (AvgIpc) is 2.31. The third-order valence-electron chi connectivity index (χ3n) is 3.31. The molecule has 0 radical (unpaired) electrons. The van der Waals surface area contributed by atoms with E-state index in [1.54, 1.807) is 0 Å². The lowest BCUT2D eigenvalue weighted by molar-refractivity contribution is 0.137. The highest BCUT2D eigenvalue weighted by molar-refractivity contribution is 5.24. The number of nitrogens with zero attached hydrogens (tertiary/aromatic N) is 1. The molecule has 1 rings (SSSR count). The lowest BCUT2D eigenvalue weighted by Crippen LogP contribution is -2.48. The molecule has 0 saturated carbocycles. The van der Waals surface area contributed by atoms with E-state index in [4.69, 9.17) is 10.5 Å². The standard InChI is InChI=1S/C13H20F2N2O/c1-13(9-16,17(2)3)6-7-18-12-5-4-10(14)8-11(12)15/h4-5,8H,6-7,9,16H2,1-3H3. The Labute approximate surface area is 107 Å². The van der Waals surface area contributed by atoms with Gasteiger partial charge in [-0.1, -0.05) is 0 Å². The highest BCUT2D eigenvalue weighted by Gasteiger charge is 2.25. The summed E-state index contributed by atoms with van der Waals surface area (Å²) in [6.45, 7) is 2.82. The summed E-state index contributed by atoms with van der Waals surface area (Å²) in [5, 5.41) is 0. The lowest BCUT2D eigenvalue weighted by atomic mass is 9.97. The zero-order valence-electron chi connectivity index (χ0n) is 11.0. The van der Waals surface area contributed by atoms with E-state index in [-0.39, 0.29) is 11.3 Å². The van der Waals surface area contributed by atoms with E-state index in [9.17, 15) is 8.78 Å². The number of likely N-dealkylation sites (N-methyl/N-ethyl adjacent to an activating group) is 1. The van der Waals surface area contributed by atoms with Crippen LogP contribution < -0.4 is 10.5 Å². The number of hydrogen-bond acceptors (Lipinski definition) is 3. The van der Waals surface area contributed by atoms with E-state index in [0.29, 0.717) is 19.6 Å². The van der Waals surface area contributed by atoms with Crippen LogP contribution in [0.5, 0.6) is 5.75 Å². The zero-order chi connectivity index (χ0) is 13.8. The van der Waals surface area contributed by atoms with Crippen LogP contribution >= 0.6 is 0 Å². The van der Waals surface area contributed by atoms with E-state index >= 15 is 0 Å². The molecular weight excluding hydrogens is 238 g/mol. The van der Waals surface area contributed by atoms with Crippen molar-refractivity contribution in [3.05, 3.63) is 29.8 Å². The van der Waals surface area contributed by atoms with Crippen LogP contribution in [0.4, 0.5) is 8.78 Å². The number of rotatable bonds is 6. The van der Waals surface area contributed by atoms with Crippen molar-refractivity contribution in [2.24, 2.45) is 5.73 Å². The number of benzene rings is 1. The Hall–Kier alpha value is -1.20. The molecule has 1 aromatic carbocycles. The molecule has 0 fully saturated rings. The Morgan fingerprint density at radius 2 is 2.00 bits per heavy atom. The van der Waals surface area contributed by atoms with Gasteiger partial charge in [-0.2, -0.15) is 0 Å². The predicted molar refractivity (Wildman–Crippen MR) is 67.6 cm³/mol. The van der Waals surface area contributed by atoms with Gasteiger partial charge in [-0.3, -0.25) is 0 Å². The predicted octanol–water partition coefficient (Wildman–Crippen LogP) is 2.01. The van der Waals surface area contributed by atoms with E-state index in [2.05, 4.69) is 0 Å². The highest BCUT2D eigenvalue weighted by atomic mass is 19.1. The summed E-state index contributed by atoms with van der Waals surface area (Å²) < 4.78 is 31.3. The number of hydrogen-bond donors (Lipinski definition) is 1. The molecule has 0 aliphatic carbocycles. The topological polar surface area (TPSA) is 38.5 Å². The summed E-state index contributed by atoms with van der Waals surface area (Å²) in [6.07, 6.45) is 0.660. The van der Waals surface area contributed by atoms with Crippen LogP contribution in [0, 0.1) is 11.6 Å². The fraction of sp³-hybridized carbons (Fsp3) is 0.538. The molecule has 0 amide bonds. The minimum Gasteiger partial charge on any atom is -0.490 e. The first-order chi connectivity index (χ1) is 8.39. The smallest absolute Gasteiger partial charge is 0.167 e. The number of ether oxygens (including phenoxy) is 1. The second kappa shape index (κ2) is 6.11. The van der Waals surface area contributed by atoms with Gasteiger partial charge in [0.05, 0.1) is 6.61 Å². The minimum atomic E-state index is -0.686. The molecule has 0 spiro atoms. The molecule has 2 N–H and O–H groups in total. The lowest BCUT2D eigenvalue weighted by Gasteiger charge is -2.35. The normalized spacial score (nSPS) is 14.6. The summed E-state index contributed by atoms with van der Waals surface area (Å²) in [6, 6.07) is 3.27. The van der Waals surface area contributed by atoms with Gasteiger partial charge in [-0.05, 0) is 33.2 Å². The summed E-state index contributed by atoms with van der Waals surface area (Å²) in [7, 11) is 3.87. The van der Waals surface area contributed by atoms with Crippen molar-refractivity contribution in [3.63, 3.8) is 0 Å². The van der Waals surface area contributed by atoms with Crippen molar-refractivity contribution >= 4 is 0 Å². The summed E-state index contributed by atoms with van der Waals surface area (Å²) >= 11 is 0. The molecule has 0 bridgehead atoms. The highest BCUT2D eigenvalue weighted by Crippen LogP contribution is 2.20. The fourth-order valence-corrected chi connectivity index (χ4v) is 1.48. The molecular formula is C13H20F2N2O. The molecule has 1 unspecified atom stereocenters. The zero-order valence-corrected chi connectivity index (χ0v) is 11.0. The number of nitrogens with two attached hydrogens (primary N) is 1. The largest absolute Gasteiger partial charge is 0.490 e. The molecule has 0 aliphatic rings. The third kappa shape index (κ3) is 3.65. The van der Waals surface area contributed by atoms with E-state index < -0.39 is 11.6 Å². The quantitative estimate of drug-likeness (QED) is 0.848. The van der Waals surface area contributed by atoms with Gasteiger partial charge in [0.2, 0.25) is 0 Å². The van der Waals surface area contributed by atoms with Crippen molar-refractivity contribution in [1.82, 2.24) is 4.90 Å². The van der Waals surface area contributed by atoms with Crippen LogP contribution in [0.3, 0.4) is 0 Å². The van der Waals surface area contributed by atoms with E-state index in [1.165, 1.54) is 12.1 Å². The van der Waals surface area contributed by atoms with Crippen LogP contribution in [0.2, 0.25) is 0 Å². The second-order valence-corrected chi connectivity index (χ2v) is 4.77. The van der Waals surface area contributed by atoms with Crippen LogP contribution in [-0.4, -0.2) is 37.7 Å². The SMILES string of the molecule is CN(C)C(C)(CN)CCOc1ccc(F)cc1F. The van der Waals surface area contributed by atoms with Crippen LogP contribution in [0.25, 0.3) is 0 Å². The Bertz CT molecular complexity index is 399. The van der Waals surface area contributed by atoms with Gasteiger partial charge < -0.3 is 15.4 Å². The minimum absolute atomic E-state index is 0.0644. The number of halogens is 2. The Morgan fingerprint density at radius 1 is 1.33 bits per heavy atom.